The van der Waals surface area contributed by atoms with Crippen molar-refractivity contribution in [3.8, 4) is 11.6 Å². The number of hydrogen-bond acceptors (Lipinski definition) is 5. The van der Waals surface area contributed by atoms with E-state index in [-0.39, 0.29) is 42.1 Å². The number of ether oxygens (including phenoxy) is 1. The first-order valence-electron chi connectivity index (χ1n) is 10.00. The Morgan fingerprint density at radius 3 is 2.42 bits per heavy atom. The third kappa shape index (κ3) is 4.68. The number of hydrogen-bond donors (Lipinski definition) is 0. The molecular formula is C21H21F3N2O4S. The number of nitrogens with zero attached hydrogens (tertiary/aromatic N) is 2. The first kappa shape index (κ1) is 21.6. The molecule has 0 saturated carbocycles. The highest BCUT2D eigenvalue weighted by molar-refractivity contribution is 7.91. The van der Waals surface area contributed by atoms with Crippen LogP contribution in [0.5, 0.6) is 11.6 Å². The van der Waals surface area contributed by atoms with Gasteiger partial charge in [0.05, 0.1) is 22.6 Å². The minimum absolute atomic E-state index is 0.0235. The maximum atomic E-state index is 13.0. The number of halogens is 3. The first-order valence-corrected chi connectivity index (χ1v) is 11.8. The van der Waals surface area contributed by atoms with Gasteiger partial charge in [0.2, 0.25) is 5.88 Å². The SMILES string of the molecule is O=C(c1cnc(Oc2cccc(C(F)(F)F)c2)c2c1CCCC2)N1CCS(=O)(=O)CC1. The summed E-state index contributed by atoms with van der Waals surface area (Å²) >= 11 is 0. The van der Waals surface area contributed by atoms with E-state index in [0.29, 0.717) is 18.4 Å². The minimum Gasteiger partial charge on any atom is -0.439 e. The van der Waals surface area contributed by atoms with Crippen molar-refractivity contribution in [2.45, 2.75) is 31.9 Å². The van der Waals surface area contributed by atoms with E-state index in [0.717, 1.165) is 36.1 Å². The maximum absolute atomic E-state index is 13.0. The van der Waals surface area contributed by atoms with Crippen molar-refractivity contribution < 1.29 is 31.1 Å². The van der Waals surface area contributed by atoms with Crippen LogP contribution in [0.1, 0.15) is 39.9 Å². The van der Waals surface area contributed by atoms with E-state index in [4.69, 9.17) is 4.74 Å². The quantitative estimate of drug-likeness (QED) is 0.708. The predicted molar refractivity (Wildman–Crippen MR) is 107 cm³/mol. The molecule has 6 nitrogen and oxygen atoms in total. The molecule has 10 heteroatoms. The third-order valence-electron chi connectivity index (χ3n) is 5.60. The molecule has 1 aromatic carbocycles. The lowest BCUT2D eigenvalue weighted by atomic mass is 9.89. The molecule has 1 fully saturated rings. The van der Waals surface area contributed by atoms with Crippen molar-refractivity contribution in [3.63, 3.8) is 0 Å². The lowest BCUT2D eigenvalue weighted by Gasteiger charge is -2.29. The summed E-state index contributed by atoms with van der Waals surface area (Å²) in [7, 11) is -3.11. The molecule has 1 amide bonds. The fourth-order valence-corrected chi connectivity index (χ4v) is 5.12. The van der Waals surface area contributed by atoms with E-state index in [1.807, 2.05) is 0 Å². The molecule has 0 unspecified atom stereocenters. The Kier molecular flexibility index (Phi) is 5.67. The lowest BCUT2D eigenvalue weighted by molar-refractivity contribution is -0.137. The van der Waals surface area contributed by atoms with Gasteiger partial charge in [-0.05, 0) is 49.4 Å². The minimum atomic E-state index is -4.48. The number of fused-ring (bicyclic) bond motifs is 1. The van der Waals surface area contributed by atoms with E-state index < -0.39 is 21.6 Å². The Morgan fingerprint density at radius 1 is 1.06 bits per heavy atom. The van der Waals surface area contributed by atoms with Crippen molar-refractivity contribution in [2.75, 3.05) is 24.6 Å². The molecule has 0 radical (unpaired) electrons. The van der Waals surface area contributed by atoms with Crippen LogP contribution in [0.3, 0.4) is 0 Å². The average Bonchev–Trinajstić information content (AvgIpc) is 2.73. The number of pyridine rings is 1. The number of sulfone groups is 1. The van der Waals surface area contributed by atoms with E-state index >= 15 is 0 Å². The van der Waals surface area contributed by atoms with Gasteiger partial charge in [0.25, 0.3) is 5.91 Å². The molecule has 0 N–H and O–H groups in total. The van der Waals surface area contributed by atoms with Gasteiger partial charge in [-0.3, -0.25) is 4.79 Å². The monoisotopic (exact) mass is 454 g/mol. The van der Waals surface area contributed by atoms with E-state index in [1.54, 1.807) is 0 Å². The summed E-state index contributed by atoms with van der Waals surface area (Å²) in [5.41, 5.74) is 1.09. The Morgan fingerprint density at radius 2 is 1.74 bits per heavy atom. The maximum Gasteiger partial charge on any atom is 0.416 e. The molecule has 2 aliphatic rings. The molecule has 1 aliphatic heterocycles. The van der Waals surface area contributed by atoms with Gasteiger partial charge >= 0.3 is 6.18 Å². The summed E-state index contributed by atoms with van der Waals surface area (Å²) in [6.45, 7) is 0.275. The number of alkyl halides is 3. The van der Waals surface area contributed by atoms with E-state index in [9.17, 15) is 26.4 Å². The lowest BCUT2D eigenvalue weighted by Crippen LogP contribution is -2.44. The zero-order chi connectivity index (χ0) is 22.2. The number of benzene rings is 1. The average molecular weight is 454 g/mol. The third-order valence-corrected chi connectivity index (χ3v) is 7.21. The zero-order valence-electron chi connectivity index (χ0n) is 16.6. The number of amides is 1. The van der Waals surface area contributed by atoms with Gasteiger partial charge < -0.3 is 9.64 Å². The molecule has 0 atom stereocenters. The highest BCUT2D eigenvalue weighted by Gasteiger charge is 2.32. The van der Waals surface area contributed by atoms with Crippen molar-refractivity contribution in [1.82, 2.24) is 9.88 Å². The van der Waals surface area contributed by atoms with Crippen LogP contribution in [0.2, 0.25) is 0 Å². The van der Waals surface area contributed by atoms with Gasteiger partial charge in [-0.2, -0.15) is 13.2 Å². The highest BCUT2D eigenvalue weighted by atomic mass is 32.2. The summed E-state index contributed by atoms with van der Waals surface area (Å²) in [5.74, 6) is -0.177. The highest BCUT2D eigenvalue weighted by Crippen LogP contribution is 2.36. The molecule has 166 valence electrons. The predicted octanol–water partition coefficient (Wildman–Crippen LogP) is 3.64. The second-order valence-corrected chi connectivity index (χ2v) is 10.0. The van der Waals surface area contributed by atoms with Crippen molar-refractivity contribution in [1.29, 1.82) is 0 Å². The Hall–Kier alpha value is -2.62. The molecular weight excluding hydrogens is 433 g/mol. The van der Waals surface area contributed by atoms with Crippen molar-refractivity contribution in [3.05, 3.63) is 52.7 Å². The van der Waals surface area contributed by atoms with Crippen LogP contribution < -0.4 is 4.74 Å². The van der Waals surface area contributed by atoms with Crippen LogP contribution in [-0.4, -0.2) is 48.8 Å². The molecule has 0 bridgehead atoms. The number of carbonyl (C=O) groups is 1. The largest absolute Gasteiger partial charge is 0.439 e. The summed E-state index contributed by atoms with van der Waals surface area (Å²) in [6.07, 6.45) is -0.138. The smallest absolute Gasteiger partial charge is 0.416 e. The molecule has 31 heavy (non-hydrogen) atoms. The van der Waals surface area contributed by atoms with Crippen LogP contribution in [0.15, 0.2) is 30.5 Å². The standard InChI is InChI=1S/C21H21F3N2O4S/c22-21(23,24)14-4-3-5-15(12-14)30-19-17-7-2-1-6-16(17)18(13-25-19)20(27)26-8-10-31(28,29)11-9-26/h3-5,12-13H,1-2,6-11H2. The molecule has 1 saturated heterocycles. The first-order chi connectivity index (χ1) is 14.6. The summed E-state index contributed by atoms with van der Waals surface area (Å²) in [5, 5.41) is 0. The normalized spacial score (nSPS) is 18.4. The van der Waals surface area contributed by atoms with E-state index in [1.165, 1.54) is 23.2 Å². The molecule has 2 heterocycles. The fourth-order valence-electron chi connectivity index (χ4n) is 3.92. The second kappa shape index (κ2) is 8.14. The topological polar surface area (TPSA) is 76.6 Å². The van der Waals surface area contributed by atoms with Crippen molar-refractivity contribution in [2.24, 2.45) is 0 Å². The Balaban J connectivity index is 1.63. The zero-order valence-corrected chi connectivity index (χ0v) is 17.4. The van der Waals surface area contributed by atoms with Crippen LogP contribution in [-0.2, 0) is 28.9 Å². The van der Waals surface area contributed by atoms with Crippen LogP contribution in [0, 0.1) is 0 Å². The number of rotatable bonds is 3. The Labute approximate surface area is 178 Å². The van der Waals surface area contributed by atoms with Crippen molar-refractivity contribution >= 4 is 15.7 Å². The molecule has 2 aromatic rings. The van der Waals surface area contributed by atoms with Gasteiger partial charge in [0.1, 0.15) is 5.75 Å². The van der Waals surface area contributed by atoms with Gasteiger partial charge in [0, 0.05) is 24.8 Å². The molecule has 0 spiro atoms. The van der Waals surface area contributed by atoms with Crippen LogP contribution in [0.4, 0.5) is 13.2 Å². The van der Waals surface area contributed by atoms with Gasteiger partial charge in [-0.1, -0.05) is 6.07 Å². The van der Waals surface area contributed by atoms with Crippen LogP contribution in [0.25, 0.3) is 0 Å². The summed E-state index contributed by atoms with van der Waals surface area (Å²) < 4.78 is 68.0. The molecule has 1 aromatic heterocycles. The summed E-state index contributed by atoms with van der Waals surface area (Å²) in [6, 6.07) is 4.59. The molecule has 4 rings (SSSR count). The van der Waals surface area contributed by atoms with Gasteiger partial charge in [-0.25, -0.2) is 13.4 Å². The number of aromatic nitrogens is 1. The van der Waals surface area contributed by atoms with Gasteiger partial charge in [-0.15, -0.1) is 0 Å². The number of carbonyl (C=O) groups excluding carboxylic acids is 1. The molecule has 1 aliphatic carbocycles. The van der Waals surface area contributed by atoms with Crippen LogP contribution >= 0.6 is 0 Å². The summed E-state index contributed by atoms with van der Waals surface area (Å²) in [4.78, 5) is 18.8. The second-order valence-electron chi connectivity index (χ2n) is 7.71. The van der Waals surface area contributed by atoms with E-state index in [2.05, 4.69) is 4.98 Å². The van der Waals surface area contributed by atoms with Gasteiger partial charge in [0.15, 0.2) is 9.84 Å². The fraction of sp³-hybridized carbons (Fsp3) is 0.429. The Bertz CT molecular complexity index is 1100.